The summed E-state index contributed by atoms with van der Waals surface area (Å²) in [6, 6.07) is 23.0. The molecule has 204 valence electrons. The molecule has 0 radical (unpaired) electrons. The van der Waals surface area contributed by atoms with Crippen LogP contribution in [0.5, 0.6) is 28.7 Å². The molecule has 1 heterocycles. The van der Waals surface area contributed by atoms with E-state index in [1.807, 2.05) is 72.8 Å². The highest BCUT2D eigenvalue weighted by molar-refractivity contribution is 6.06. The maximum atomic E-state index is 12.2. The van der Waals surface area contributed by atoms with E-state index in [-0.39, 0.29) is 0 Å². The SMILES string of the molecule is COc1ccc(-c2oc3cc(OC)cc4c3c2-c2cc(OC)cc(OC)c2[C@@H](c2ccc(OC)cc2)[C@H]4O)cc1. The van der Waals surface area contributed by atoms with E-state index in [4.69, 9.17) is 28.1 Å². The first-order chi connectivity index (χ1) is 19.5. The van der Waals surface area contributed by atoms with Crippen LogP contribution in [-0.4, -0.2) is 40.7 Å². The fourth-order valence-corrected chi connectivity index (χ4v) is 5.70. The molecule has 0 unspecified atom stereocenters. The zero-order valence-electron chi connectivity index (χ0n) is 23.0. The summed E-state index contributed by atoms with van der Waals surface area (Å²) < 4.78 is 34.7. The van der Waals surface area contributed by atoms with Crippen LogP contribution in [0, 0.1) is 0 Å². The molecule has 1 aliphatic carbocycles. The number of ether oxygens (including phenoxy) is 5. The van der Waals surface area contributed by atoms with Gasteiger partial charge in [-0.05, 0) is 65.2 Å². The Labute approximate surface area is 232 Å². The fourth-order valence-electron chi connectivity index (χ4n) is 5.70. The number of benzene rings is 4. The van der Waals surface area contributed by atoms with Gasteiger partial charge in [0, 0.05) is 40.1 Å². The molecule has 7 nitrogen and oxygen atoms in total. The van der Waals surface area contributed by atoms with E-state index in [1.54, 1.807) is 35.5 Å². The molecule has 1 N–H and O–H groups in total. The third-order valence-corrected chi connectivity index (χ3v) is 7.64. The lowest BCUT2D eigenvalue weighted by Crippen LogP contribution is -2.14. The molecular weight excluding hydrogens is 508 g/mol. The van der Waals surface area contributed by atoms with Crippen LogP contribution >= 0.6 is 0 Å². The Morgan fingerprint density at radius 2 is 1.25 bits per heavy atom. The average Bonchev–Trinajstić information content (AvgIpc) is 3.35. The van der Waals surface area contributed by atoms with E-state index in [1.165, 1.54) is 0 Å². The predicted molar refractivity (Wildman–Crippen MR) is 153 cm³/mol. The van der Waals surface area contributed by atoms with Crippen molar-refractivity contribution in [3.63, 3.8) is 0 Å². The Morgan fingerprint density at radius 1 is 0.650 bits per heavy atom. The Kier molecular flexibility index (Phi) is 6.52. The van der Waals surface area contributed by atoms with Crippen molar-refractivity contribution in [2.75, 3.05) is 35.5 Å². The van der Waals surface area contributed by atoms with Crippen molar-refractivity contribution >= 4 is 11.0 Å². The Morgan fingerprint density at radius 3 is 1.85 bits per heavy atom. The van der Waals surface area contributed by atoms with Gasteiger partial charge >= 0.3 is 0 Å². The fraction of sp³-hybridized carbons (Fsp3) is 0.212. The van der Waals surface area contributed by atoms with Crippen LogP contribution in [0.3, 0.4) is 0 Å². The van der Waals surface area contributed by atoms with Crippen LogP contribution in [0.15, 0.2) is 77.2 Å². The van der Waals surface area contributed by atoms with E-state index in [0.29, 0.717) is 34.2 Å². The summed E-state index contributed by atoms with van der Waals surface area (Å²) in [5.41, 5.74) is 5.60. The molecule has 0 aliphatic heterocycles. The topological polar surface area (TPSA) is 79.5 Å². The number of hydrogen-bond acceptors (Lipinski definition) is 7. The van der Waals surface area contributed by atoms with Gasteiger partial charge in [0.2, 0.25) is 0 Å². The molecule has 5 aromatic rings. The number of furan rings is 1. The van der Waals surface area contributed by atoms with E-state index < -0.39 is 12.0 Å². The van der Waals surface area contributed by atoms with Gasteiger partial charge in [0.25, 0.3) is 0 Å². The second-order valence-corrected chi connectivity index (χ2v) is 9.61. The van der Waals surface area contributed by atoms with Crippen LogP contribution in [-0.2, 0) is 0 Å². The summed E-state index contributed by atoms with van der Waals surface area (Å²) in [7, 11) is 8.13. The molecule has 2 atom stereocenters. The van der Waals surface area contributed by atoms with Crippen molar-refractivity contribution in [3.05, 3.63) is 89.5 Å². The largest absolute Gasteiger partial charge is 0.497 e. The summed E-state index contributed by atoms with van der Waals surface area (Å²) >= 11 is 0. The number of aliphatic hydroxyl groups excluding tert-OH is 1. The molecular formula is C33H30O7. The molecule has 1 aromatic heterocycles. The van der Waals surface area contributed by atoms with Crippen LogP contribution < -0.4 is 23.7 Å². The van der Waals surface area contributed by atoms with E-state index >= 15 is 0 Å². The monoisotopic (exact) mass is 538 g/mol. The van der Waals surface area contributed by atoms with Crippen molar-refractivity contribution in [1.82, 2.24) is 0 Å². The molecule has 0 spiro atoms. The standard InChI is InChI=1S/C33H30O7/c1-35-20-10-6-18(7-11-20)28-29-24(14-22(37-3)16-26(29)39-5)31-30-25(32(28)34)15-23(38-4)17-27(30)40-33(31)19-8-12-21(36-2)13-9-19/h6-17,28,32,34H,1-5H3/t28-,32+/m1/s1. The highest BCUT2D eigenvalue weighted by Gasteiger charge is 2.38. The Hall–Kier alpha value is -4.62. The lowest BCUT2D eigenvalue weighted by molar-refractivity contribution is 0.159. The van der Waals surface area contributed by atoms with E-state index in [2.05, 4.69) is 0 Å². The molecule has 0 fully saturated rings. The van der Waals surface area contributed by atoms with Crippen molar-refractivity contribution < 1.29 is 33.2 Å². The predicted octanol–water partition coefficient (Wildman–Crippen LogP) is 6.99. The van der Waals surface area contributed by atoms with Gasteiger partial charge in [0.1, 0.15) is 40.1 Å². The minimum atomic E-state index is -0.949. The molecule has 0 bridgehead atoms. The first kappa shape index (κ1) is 25.6. The first-order valence-electron chi connectivity index (χ1n) is 12.9. The number of methoxy groups -OCH3 is 5. The van der Waals surface area contributed by atoms with Crippen molar-refractivity contribution in [3.8, 4) is 51.2 Å². The molecule has 0 saturated carbocycles. The van der Waals surface area contributed by atoms with Crippen molar-refractivity contribution in [1.29, 1.82) is 0 Å². The van der Waals surface area contributed by atoms with Gasteiger partial charge in [0.05, 0.1) is 41.7 Å². The minimum Gasteiger partial charge on any atom is -0.497 e. The summed E-state index contributed by atoms with van der Waals surface area (Å²) in [6.07, 6.45) is -0.949. The molecule has 40 heavy (non-hydrogen) atoms. The summed E-state index contributed by atoms with van der Waals surface area (Å²) in [5.74, 6) is 3.48. The second kappa shape index (κ2) is 10.2. The van der Waals surface area contributed by atoms with Crippen molar-refractivity contribution in [2.24, 2.45) is 0 Å². The normalized spacial score (nSPS) is 15.8. The highest BCUT2D eigenvalue weighted by atomic mass is 16.5. The van der Waals surface area contributed by atoms with Gasteiger partial charge in [-0.15, -0.1) is 0 Å². The van der Waals surface area contributed by atoms with Crippen LogP contribution in [0.1, 0.15) is 28.7 Å². The van der Waals surface area contributed by atoms with Crippen molar-refractivity contribution in [2.45, 2.75) is 12.0 Å². The lowest BCUT2D eigenvalue weighted by Gasteiger charge is -2.27. The maximum absolute atomic E-state index is 12.2. The summed E-state index contributed by atoms with van der Waals surface area (Å²) in [6.45, 7) is 0. The highest BCUT2D eigenvalue weighted by Crippen LogP contribution is 2.56. The summed E-state index contributed by atoms with van der Waals surface area (Å²) in [4.78, 5) is 0. The molecule has 7 heteroatoms. The lowest BCUT2D eigenvalue weighted by atomic mass is 9.82. The minimum absolute atomic E-state index is 0.479. The van der Waals surface area contributed by atoms with Gasteiger partial charge in [-0.3, -0.25) is 0 Å². The first-order valence-corrected chi connectivity index (χ1v) is 12.9. The van der Waals surface area contributed by atoms with Gasteiger partial charge < -0.3 is 33.2 Å². The average molecular weight is 539 g/mol. The van der Waals surface area contributed by atoms with Gasteiger partial charge in [-0.25, -0.2) is 0 Å². The van der Waals surface area contributed by atoms with E-state index in [0.717, 1.165) is 44.7 Å². The van der Waals surface area contributed by atoms with Gasteiger partial charge in [-0.1, -0.05) is 12.1 Å². The second-order valence-electron chi connectivity index (χ2n) is 9.61. The molecule has 0 saturated heterocycles. The number of rotatable bonds is 7. The molecule has 0 amide bonds. The molecule has 4 aromatic carbocycles. The number of fused-ring (bicyclic) bond motifs is 2. The molecule has 1 aliphatic rings. The van der Waals surface area contributed by atoms with E-state index in [9.17, 15) is 5.11 Å². The number of aliphatic hydroxyl groups is 1. The van der Waals surface area contributed by atoms with Gasteiger partial charge in [-0.2, -0.15) is 0 Å². The third kappa shape index (κ3) is 4.01. The quantitative estimate of drug-likeness (QED) is 0.239. The summed E-state index contributed by atoms with van der Waals surface area (Å²) in [5, 5.41) is 13.0. The third-order valence-electron chi connectivity index (χ3n) is 7.64. The Balaban J connectivity index is 1.74. The number of hydrogen-bond donors (Lipinski definition) is 1. The zero-order valence-corrected chi connectivity index (χ0v) is 23.0. The maximum Gasteiger partial charge on any atom is 0.143 e. The smallest absolute Gasteiger partial charge is 0.143 e. The zero-order chi connectivity index (χ0) is 28.0. The Bertz CT molecular complexity index is 1680. The van der Waals surface area contributed by atoms with Crippen LogP contribution in [0.2, 0.25) is 0 Å². The van der Waals surface area contributed by atoms with Crippen LogP contribution in [0.4, 0.5) is 0 Å². The van der Waals surface area contributed by atoms with Crippen LogP contribution in [0.25, 0.3) is 33.4 Å². The molecule has 6 rings (SSSR count). The van der Waals surface area contributed by atoms with Gasteiger partial charge in [0.15, 0.2) is 0 Å².